The summed E-state index contributed by atoms with van der Waals surface area (Å²) in [7, 11) is 0. The number of carbonyl (C=O) groups is 2. The molecule has 0 radical (unpaired) electrons. The van der Waals surface area contributed by atoms with E-state index in [4.69, 9.17) is 4.74 Å². The van der Waals surface area contributed by atoms with Crippen LogP contribution in [0.3, 0.4) is 0 Å². The molecule has 38 heavy (non-hydrogen) atoms. The third-order valence-electron chi connectivity index (χ3n) is 7.02. The summed E-state index contributed by atoms with van der Waals surface area (Å²) in [6, 6.07) is 23.7. The van der Waals surface area contributed by atoms with Crippen molar-refractivity contribution < 1.29 is 14.3 Å². The number of morpholine rings is 1. The second kappa shape index (κ2) is 12.5. The van der Waals surface area contributed by atoms with E-state index in [0.717, 1.165) is 63.6 Å². The first-order chi connectivity index (χ1) is 18.7. The number of ether oxygens (including phenoxy) is 1. The molecule has 7 nitrogen and oxygen atoms in total. The van der Waals surface area contributed by atoms with E-state index in [1.807, 2.05) is 42.5 Å². The number of hydrogen-bond acceptors (Lipinski definition) is 5. The molecule has 1 saturated heterocycles. The standard InChI is InChI=1S/C31H34N4O3/c36-30(13-10-24-6-2-1-3-7-24)33-27-11-12-29(35-16-14-25-8-4-5-9-26(25)23-35)28(22-27)31(37)32-15-17-34-18-20-38-21-19-34/h1-13,22H,14-21,23H2,(H,32,37)(H,33,36)/b13-10+. The van der Waals surface area contributed by atoms with E-state index in [1.54, 1.807) is 12.1 Å². The van der Waals surface area contributed by atoms with Crippen LogP contribution in [0.2, 0.25) is 0 Å². The van der Waals surface area contributed by atoms with Crippen LogP contribution >= 0.6 is 0 Å². The third-order valence-corrected chi connectivity index (χ3v) is 7.02. The molecule has 3 aromatic carbocycles. The summed E-state index contributed by atoms with van der Waals surface area (Å²) in [4.78, 5) is 30.6. The predicted octanol–water partition coefficient (Wildman–Crippen LogP) is 3.96. The van der Waals surface area contributed by atoms with Gasteiger partial charge in [-0.15, -0.1) is 0 Å². The van der Waals surface area contributed by atoms with Crippen LogP contribution < -0.4 is 15.5 Å². The molecule has 7 heteroatoms. The van der Waals surface area contributed by atoms with Crippen molar-refractivity contribution in [1.29, 1.82) is 0 Å². The van der Waals surface area contributed by atoms with Crippen LogP contribution in [-0.2, 0) is 22.5 Å². The molecule has 2 amide bonds. The van der Waals surface area contributed by atoms with E-state index in [9.17, 15) is 9.59 Å². The Bertz CT molecular complexity index is 1290. The minimum Gasteiger partial charge on any atom is -0.379 e. The number of nitrogens with zero attached hydrogens (tertiary/aromatic N) is 2. The second-order valence-electron chi connectivity index (χ2n) is 9.62. The van der Waals surface area contributed by atoms with Gasteiger partial charge in [-0.2, -0.15) is 0 Å². The van der Waals surface area contributed by atoms with Crippen molar-refractivity contribution in [2.75, 3.05) is 56.2 Å². The zero-order chi connectivity index (χ0) is 26.2. The van der Waals surface area contributed by atoms with Gasteiger partial charge in [0, 0.05) is 56.7 Å². The van der Waals surface area contributed by atoms with Crippen molar-refractivity contribution in [2.24, 2.45) is 0 Å². The van der Waals surface area contributed by atoms with Gasteiger partial charge in [0.15, 0.2) is 0 Å². The highest BCUT2D eigenvalue weighted by Crippen LogP contribution is 2.29. The van der Waals surface area contributed by atoms with Crippen molar-refractivity contribution in [3.05, 3.63) is 101 Å². The molecule has 2 N–H and O–H groups in total. The zero-order valence-corrected chi connectivity index (χ0v) is 21.6. The zero-order valence-electron chi connectivity index (χ0n) is 21.6. The SMILES string of the molecule is O=C(/C=C/c1ccccc1)Nc1ccc(N2CCc3ccccc3C2)c(C(=O)NCCN2CCOCC2)c1. The first-order valence-electron chi connectivity index (χ1n) is 13.2. The molecule has 2 aliphatic rings. The summed E-state index contributed by atoms with van der Waals surface area (Å²) in [6.07, 6.45) is 4.21. The van der Waals surface area contributed by atoms with E-state index < -0.39 is 0 Å². The summed E-state index contributed by atoms with van der Waals surface area (Å²) < 4.78 is 5.42. The van der Waals surface area contributed by atoms with Crippen LogP contribution in [0.5, 0.6) is 0 Å². The van der Waals surface area contributed by atoms with Crippen LogP contribution in [0, 0.1) is 0 Å². The van der Waals surface area contributed by atoms with Crippen molar-refractivity contribution >= 4 is 29.3 Å². The average molecular weight is 511 g/mol. The van der Waals surface area contributed by atoms with E-state index in [-0.39, 0.29) is 11.8 Å². The summed E-state index contributed by atoms with van der Waals surface area (Å²) in [5.74, 6) is -0.379. The van der Waals surface area contributed by atoms with E-state index in [1.165, 1.54) is 17.2 Å². The molecule has 0 spiro atoms. The number of amides is 2. The summed E-state index contributed by atoms with van der Waals surface area (Å²) in [5.41, 5.74) is 5.61. The average Bonchev–Trinajstić information content (AvgIpc) is 2.97. The van der Waals surface area contributed by atoms with Crippen molar-refractivity contribution in [3.63, 3.8) is 0 Å². The minimum atomic E-state index is -0.243. The van der Waals surface area contributed by atoms with Gasteiger partial charge in [0.05, 0.1) is 18.8 Å². The number of carbonyl (C=O) groups excluding carboxylic acids is 2. The van der Waals surface area contributed by atoms with Crippen molar-refractivity contribution in [1.82, 2.24) is 10.2 Å². The van der Waals surface area contributed by atoms with Crippen molar-refractivity contribution in [2.45, 2.75) is 13.0 Å². The van der Waals surface area contributed by atoms with Gasteiger partial charge in [0.1, 0.15) is 0 Å². The van der Waals surface area contributed by atoms with Gasteiger partial charge in [-0.25, -0.2) is 0 Å². The Hall–Kier alpha value is -3.94. The molecule has 0 atom stereocenters. The molecule has 2 heterocycles. The number of hydrogen-bond donors (Lipinski definition) is 2. The molecule has 1 fully saturated rings. The fourth-order valence-corrected chi connectivity index (χ4v) is 4.94. The number of benzene rings is 3. The summed E-state index contributed by atoms with van der Waals surface area (Å²) in [6.45, 7) is 6.13. The van der Waals surface area contributed by atoms with E-state index in [2.05, 4.69) is 44.7 Å². The molecule has 0 unspecified atom stereocenters. The second-order valence-corrected chi connectivity index (χ2v) is 9.62. The Morgan fingerprint density at radius 3 is 2.47 bits per heavy atom. The van der Waals surface area contributed by atoms with Crippen LogP contribution in [0.25, 0.3) is 6.08 Å². The Morgan fingerprint density at radius 2 is 1.66 bits per heavy atom. The fourth-order valence-electron chi connectivity index (χ4n) is 4.94. The monoisotopic (exact) mass is 510 g/mol. The lowest BCUT2D eigenvalue weighted by molar-refractivity contribution is -0.111. The molecule has 2 aliphatic heterocycles. The molecular formula is C31H34N4O3. The van der Waals surface area contributed by atoms with Gasteiger partial charge >= 0.3 is 0 Å². The van der Waals surface area contributed by atoms with E-state index >= 15 is 0 Å². The van der Waals surface area contributed by atoms with Gasteiger partial charge in [0.2, 0.25) is 5.91 Å². The minimum absolute atomic E-state index is 0.136. The van der Waals surface area contributed by atoms with Crippen LogP contribution in [0.4, 0.5) is 11.4 Å². The van der Waals surface area contributed by atoms with Gasteiger partial charge in [-0.1, -0.05) is 54.6 Å². The van der Waals surface area contributed by atoms with Crippen LogP contribution in [-0.4, -0.2) is 62.7 Å². The largest absolute Gasteiger partial charge is 0.379 e. The molecule has 0 saturated carbocycles. The maximum absolute atomic E-state index is 13.4. The first kappa shape index (κ1) is 25.7. The molecular weight excluding hydrogens is 476 g/mol. The topological polar surface area (TPSA) is 73.9 Å². The molecule has 0 aromatic heterocycles. The predicted molar refractivity (Wildman–Crippen MR) is 151 cm³/mol. The fraction of sp³-hybridized carbons (Fsp3) is 0.290. The Morgan fingerprint density at radius 1 is 0.895 bits per heavy atom. The molecule has 5 rings (SSSR count). The van der Waals surface area contributed by atoms with Crippen molar-refractivity contribution in [3.8, 4) is 0 Å². The Labute approximate surface area is 224 Å². The lowest BCUT2D eigenvalue weighted by Crippen LogP contribution is -2.41. The summed E-state index contributed by atoms with van der Waals surface area (Å²) in [5, 5.41) is 6.01. The third kappa shape index (κ3) is 6.68. The number of nitrogens with one attached hydrogen (secondary N) is 2. The quantitative estimate of drug-likeness (QED) is 0.449. The molecule has 0 bridgehead atoms. The molecule has 0 aliphatic carbocycles. The highest BCUT2D eigenvalue weighted by atomic mass is 16.5. The Kier molecular flexibility index (Phi) is 8.48. The maximum Gasteiger partial charge on any atom is 0.253 e. The number of rotatable bonds is 8. The normalized spacial score (nSPS) is 15.7. The highest BCUT2D eigenvalue weighted by molar-refractivity contribution is 6.05. The molecule has 196 valence electrons. The van der Waals surface area contributed by atoms with Gasteiger partial charge in [0.25, 0.3) is 5.91 Å². The smallest absolute Gasteiger partial charge is 0.253 e. The number of fused-ring (bicyclic) bond motifs is 1. The van der Waals surface area contributed by atoms with Gasteiger partial charge < -0.3 is 20.3 Å². The lowest BCUT2D eigenvalue weighted by Gasteiger charge is -2.32. The molecule has 3 aromatic rings. The van der Waals surface area contributed by atoms with Gasteiger partial charge in [-0.3, -0.25) is 14.5 Å². The van der Waals surface area contributed by atoms with E-state index in [0.29, 0.717) is 17.8 Å². The highest BCUT2D eigenvalue weighted by Gasteiger charge is 2.22. The maximum atomic E-state index is 13.4. The number of anilines is 2. The van der Waals surface area contributed by atoms with Crippen LogP contribution in [0.15, 0.2) is 78.9 Å². The Balaban J connectivity index is 1.32. The summed E-state index contributed by atoms with van der Waals surface area (Å²) >= 11 is 0. The van der Waals surface area contributed by atoms with Gasteiger partial charge in [-0.05, 0) is 47.4 Å². The lowest BCUT2D eigenvalue weighted by atomic mass is 9.98. The van der Waals surface area contributed by atoms with Crippen LogP contribution in [0.1, 0.15) is 27.0 Å². The first-order valence-corrected chi connectivity index (χ1v) is 13.2.